The number of halogens is 7. The first-order valence-electron chi connectivity index (χ1n) is 15.8. The van der Waals surface area contributed by atoms with Crippen LogP contribution >= 0.6 is 0 Å². The van der Waals surface area contributed by atoms with E-state index >= 15 is 0 Å². The summed E-state index contributed by atoms with van der Waals surface area (Å²) >= 11 is 0. The molecule has 0 aromatic heterocycles. The van der Waals surface area contributed by atoms with Gasteiger partial charge in [-0.2, -0.15) is 26.3 Å². The van der Waals surface area contributed by atoms with Crippen molar-refractivity contribution in [3.8, 4) is 5.75 Å². The number of rotatable bonds is 7. The van der Waals surface area contributed by atoms with Crippen molar-refractivity contribution in [1.29, 1.82) is 0 Å². The number of imide groups is 1. The van der Waals surface area contributed by atoms with E-state index in [4.69, 9.17) is 4.74 Å². The zero-order valence-corrected chi connectivity index (χ0v) is 26.4. The Balaban J connectivity index is 1.32. The molecule has 258 valence electrons. The van der Waals surface area contributed by atoms with Gasteiger partial charge >= 0.3 is 12.4 Å². The zero-order chi connectivity index (χ0) is 35.4. The Morgan fingerprint density at radius 2 is 1.57 bits per heavy atom. The van der Waals surface area contributed by atoms with Crippen LogP contribution in [0.15, 0.2) is 77.9 Å². The summed E-state index contributed by atoms with van der Waals surface area (Å²) in [5.74, 6) is -5.58. The summed E-state index contributed by atoms with van der Waals surface area (Å²) in [6.45, 7) is 3.89. The van der Waals surface area contributed by atoms with E-state index in [9.17, 15) is 45.4 Å². The van der Waals surface area contributed by atoms with Gasteiger partial charge in [0.15, 0.2) is 11.6 Å². The lowest BCUT2D eigenvalue weighted by Gasteiger charge is -2.33. The summed E-state index contributed by atoms with van der Waals surface area (Å²) in [6.07, 6.45) is -7.96. The SMILES string of the molecule is CC(C)C1=C2[C@@H](CC/C(=C/c3ccc(O)c(F)c3)c3ccccc3)OC[C@@H]2[C@@H]2C(=O)N(c3cc(C(F)(F)F)cc(C(F)(F)F)c3)C(=O)[C@@H]2C1. The first-order valence-corrected chi connectivity index (χ1v) is 15.8. The minimum atomic E-state index is -5.15. The van der Waals surface area contributed by atoms with Crippen molar-refractivity contribution < 1.29 is 50.2 Å². The van der Waals surface area contributed by atoms with E-state index in [1.807, 2.05) is 44.2 Å². The lowest BCUT2D eigenvalue weighted by Crippen LogP contribution is -2.35. The van der Waals surface area contributed by atoms with Gasteiger partial charge in [-0.25, -0.2) is 9.29 Å². The molecule has 2 fully saturated rings. The number of allylic oxidation sites excluding steroid dienone is 2. The second-order valence-corrected chi connectivity index (χ2v) is 13.0. The zero-order valence-electron chi connectivity index (χ0n) is 26.4. The van der Waals surface area contributed by atoms with Gasteiger partial charge in [0, 0.05) is 5.92 Å². The molecule has 1 aliphatic carbocycles. The molecule has 0 spiro atoms. The van der Waals surface area contributed by atoms with Crippen LogP contribution in [0.1, 0.15) is 55.4 Å². The first-order chi connectivity index (χ1) is 23.0. The van der Waals surface area contributed by atoms with Gasteiger partial charge in [0.1, 0.15) is 0 Å². The molecule has 12 heteroatoms. The molecule has 3 aromatic rings. The smallest absolute Gasteiger partial charge is 0.416 e. The van der Waals surface area contributed by atoms with E-state index < -0.39 is 76.4 Å². The lowest BCUT2D eigenvalue weighted by molar-refractivity contribution is -0.143. The maximum atomic E-state index is 14.2. The molecule has 0 bridgehead atoms. The number of benzene rings is 3. The van der Waals surface area contributed by atoms with E-state index in [1.165, 1.54) is 12.1 Å². The number of hydrogen-bond acceptors (Lipinski definition) is 4. The summed E-state index contributed by atoms with van der Waals surface area (Å²) in [7, 11) is 0. The number of aromatic hydroxyl groups is 1. The van der Waals surface area contributed by atoms with Crippen molar-refractivity contribution in [2.75, 3.05) is 11.5 Å². The number of anilines is 1. The van der Waals surface area contributed by atoms with Crippen molar-refractivity contribution >= 4 is 29.2 Å². The highest BCUT2D eigenvalue weighted by Crippen LogP contribution is 2.52. The van der Waals surface area contributed by atoms with Crippen LogP contribution in [0, 0.1) is 29.5 Å². The Morgan fingerprint density at radius 1 is 0.918 bits per heavy atom. The molecule has 3 aromatic carbocycles. The summed E-state index contributed by atoms with van der Waals surface area (Å²) in [5, 5.41) is 9.64. The van der Waals surface area contributed by atoms with E-state index in [2.05, 4.69) is 0 Å². The number of nitrogens with zero attached hydrogens (tertiary/aromatic N) is 1. The summed E-state index contributed by atoms with van der Waals surface area (Å²) < 4.78 is 102. The molecule has 2 saturated heterocycles. The summed E-state index contributed by atoms with van der Waals surface area (Å²) in [5.41, 5.74) is -0.0317. The summed E-state index contributed by atoms with van der Waals surface area (Å²) in [6, 6.07) is 14.2. The molecule has 2 heterocycles. The fourth-order valence-electron chi connectivity index (χ4n) is 7.33. The van der Waals surface area contributed by atoms with Gasteiger partial charge in [-0.3, -0.25) is 9.59 Å². The Kier molecular flexibility index (Phi) is 8.98. The van der Waals surface area contributed by atoms with Crippen LogP contribution < -0.4 is 4.90 Å². The third-order valence-corrected chi connectivity index (χ3v) is 9.60. The van der Waals surface area contributed by atoms with Gasteiger partial charge in [-0.1, -0.05) is 61.9 Å². The van der Waals surface area contributed by atoms with E-state index in [-0.39, 0.29) is 25.0 Å². The Morgan fingerprint density at radius 3 is 2.16 bits per heavy atom. The van der Waals surface area contributed by atoms with Crippen molar-refractivity contribution in [1.82, 2.24) is 0 Å². The van der Waals surface area contributed by atoms with Crippen molar-refractivity contribution in [2.24, 2.45) is 23.7 Å². The van der Waals surface area contributed by atoms with Gasteiger partial charge in [-0.15, -0.1) is 0 Å². The van der Waals surface area contributed by atoms with Crippen LogP contribution in [-0.2, 0) is 26.7 Å². The fraction of sp³-hybridized carbons (Fsp3) is 0.351. The Bertz CT molecular complexity index is 1810. The van der Waals surface area contributed by atoms with E-state index in [0.717, 1.165) is 22.3 Å². The number of hydrogen-bond donors (Lipinski definition) is 1. The third kappa shape index (κ3) is 6.62. The highest BCUT2D eigenvalue weighted by Gasteiger charge is 2.58. The third-order valence-electron chi connectivity index (χ3n) is 9.60. The normalized spacial score (nSPS) is 23.1. The van der Waals surface area contributed by atoms with Crippen LogP contribution in [0.25, 0.3) is 11.6 Å². The summed E-state index contributed by atoms with van der Waals surface area (Å²) in [4.78, 5) is 28.1. The van der Waals surface area contributed by atoms with Crippen LogP contribution in [0.5, 0.6) is 5.75 Å². The average Bonchev–Trinajstić information content (AvgIpc) is 3.57. The molecular formula is C37H32F7NO4. The highest BCUT2D eigenvalue weighted by molar-refractivity contribution is 6.22. The molecule has 6 rings (SSSR count). The number of alkyl halides is 6. The lowest BCUT2D eigenvalue weighted by atomic mass is 9.67. The number of fused-ring (bicyclic) bond motifs is 3. The molecule has 5 nitrogen and oxygen atoms in total. The molecule has 2 aliphatic heterocycles. The van der Waals surface area contributed by atoms with Gasteiger partial charge in [0.25, 0.3) is 0 Å². The quantitative estimate of drug-likeness (QED) is 0.117. The maximum Gasteiger partial charge on any atom is 0.416 e. The average molecular weight is 688 g/mol. The largest absolute Gasteiger partial charge is 0.505 e. The molecule has 0 unspecified atom stereocenters. The number of carbonyl (C=O) groups excluding carboxylic acids is 2. The van der Waals surface area contributed by atoms with E-state index in [0.29, 0.717) is 35.4 Å². The molecule has 0 saturated carbocycles. The Labute approximate surface area is 277 Å². The highest BCUT2D eigenvalue weighted by atomic mass is 19.4. The standard InChI is InChI=1S/C37H32F7NO4/c1-19(2)26-17-27-33(35(48)45(34(27)47)25-15-23(36(39,40)41)14-24(16-25)37(42,43)44)28-18-49-31(32(26)28)11-9-22(21-6-4-3-5-7-21)12-20-8-10-30(46)29(38)13-20/h3-8,10,12-16,19,27-28,31,33,46H,9,11,17-18H2,1-2H3/b22-12-/t27-,28+,31-,33-/m1/s1. The monoisotopic (exact) mass is 687 g/mol. The van der Waals surface area contributed by atoms with Crippen LogP contribution in [0.2, 0.25) is 0 Å². The number of carbonyl (C=O) groups is 2. The molecule has 49 heavy (non-hydrogen) atoms. The van der Waals surface area contributed by atoms with Crippen LogP contribution in [-0.4, -0.2) is 29.6 Å². The van der Waals surface area contributed by atoms with Crippen molar-refractivity contribution in [3.05, 3.63) is 106 Å². The number of ether oxygens (including phenoxy) is 1. The number of phenols is 1. The van der Waals surface area contributed by atoms with Crippen LogP contribution in [0.4, 0.5) is 36.4 Å². The molecule has 4 atom stereocenters. The van der Waals surface area contributed by atoms with Gasteiger partial charge < -0.3 is 9.84 Å². The predicted octanol–water partition coefficient (Wildman–Crippen LogP) is 9.07. The second kappa shape index (κ2) is 12.8. The van der Waals surface area contributed by atoms with Gasteiger partial charge in [0.2, 0.25) is 11.8 Å². The minimum Gasteiger partial charge on any atom is -0.505 e. The van der Waals surface area contributed by atoms with Gasteiger partial charge in [0.05, 0.1) is 41.4 Å². The first kappa shape index (κ1) is 34.4. The molecular weight excluding hydrogens is 655 g/mol. The molecule has 0 radical (unpaired) electrons. The van der Waals surface area contributed by atoms with Gasteiger partial charge in [-0.05, 0) is 77.8 Å². The second-order valence-electron chi connectivity index (χ2n) is 13.0. The minimum absolute atomic E-state index is 0.0379. The number of phenolic OH excluding ortho intramolecular Hbond substituents is 1. The number of amides is 2. The predicted molar refractivity (Wildman–Crippen MR) is 167 cm³/mol. The Hall–Kier alpha value is -4.45. The molecule has 1 N–H and O–H groups in total. The van der Waals surface area contributed by atoms with E-state index in [1.54, 1.807) is 12.1 Å². The van der Waals surface area contributed by atoms with Crippen molar-refractivity contribution in [2.45, 2.75) is 51.6 Å². The van der Waals surface area contributed by atoms with Crippen molar-refractivity contribution in [3.63, 3.8) is 0 Å². The molecule has 3 aliphatic rings. The maximum absolute atomic E-state index is 14.2. The fourth-order valence-corrected chi connectivity index (χ4v) is 7.33. The molecule has 2 amide bonds. The van der Waals surface area contributed by atoms with Crippen LogP contribution in [0.3, 0.4) is 0 Å². The topological polar surface area (TPSA) is 66.8 Å².